The van der Waals surface area contributed by atoms with Gasteiger partial charge in [0, 0.05) is 23.1 Å². The summed E-state index contributed by atoms with van der Waals surface area (Å²) in [5.41, 5.74) is 3.69. The van der Waals surface area contributed by atoms with Crippen molar-refractivity contribution in [2.45, 2.75) is 76.3 Å². The van der Waals surface area contributed by atoms with Gasteiger partial charge in [0.05, 0.1) is 0 Å². The number of allylic oxidation sites excluding steroid dienone is 1. The summed E-state index contributed by atoms with van der Waals surface area (Å²) in [5.74, 6) is 2.08. The van der Waals surface area contributed by atoms with E-state index in [-0.39, 0.29) is 17.4 Å². The summed E-state index contributed by atoms with van der Waals surface area (Å²) >= 11 is 0. The molecular weight excluding hydrogens is 344 g/mol. The Balaban J connectivity index is 1.36. The summed E-state index contributed by atoms with van der Waals surface area (Å²) in [6, 6.07) is 9.71. The number of hydrogen-bond donors (Lipinski definition) is 1. The zero-order chi connectivity index (χ0) is 19.3. The SMILES string of the molecule is CC(C)NC(=O)C1=CCC2(CCN(C3CC4CCC3C4)CC2)c2ccccc21. The minimum Gasteiger partial charge on any atom is -0.350 e. The van der Waals surface area contributed by atoms with Crippen LogP contribution in [0.1, 0.15) is 69.9 Å². The maximum Gasteiger partial charge on any atom is 0.251 e. The second kappa shape index (κ2) is 7.02. The lowest BCUT2D eigenvalue weighted by Crippen LogP contribution is -2.49. The zero-order valence-electron chi connectivity index (χ0n) is 17.4. The average Bonchev–Trinajstić information content (AvgIpc) is 3.32. The van der Waals surface area contributed by atoms with Crippen LogP contribution in [0.5, 0.6) is 0 Å². The Kier molecular flexibility index (Phi) is 4.62. The van der Waals surface area contributed by atoms with E-state index < -0.39 is 0 Å². The van der Waals surface area contributed by atoms with Gasteiger partial charge in [-0.2, -0.15) is 0 Å². The molecule has 1 heterocycles. The van der Waals surface area contributed by atoms with E-state index in [9.17, 15) is 4.79 Å². The van der Waals surface area contributed by atoms with Crippen LogP contribution < -0.4 is 5.32 Å². The van der Waals surface area contributed by atoms with Crippen molar-refractivity contribution in [2.75, 3.05) is 13.1 Å². The van der Waals surface area contributed by atoms with Gasteiger partial charge in [-0.1, -0.05) is 36.8 Å². The highest BCUT2D eigenvalue weighted by molar-refractivity contribution is 6.20. The minimum absolute atomic E-state index is 0.0803. The molecule has 1 N–H and O–H groups in total. The quantitative estimate of drug-likeness (QED) is 0.839. The third-order valence-electron chi connectivity index (χ3n) is 8.07. The van der Waals surface area contributed by atoms with Crippen LogP contribution in [0.3, 0.4) is 0 Å². The first kappa shape index (κ1) is 18.4. The molecule has 2 bridgehead atoms. The Morgan fingerprint density at radius 3 is 2.61 bits per heavy atom. The molecule has 3 aliphatic carbocycles. The lowest BCUT2D eigenvalue weighted by Gasteiger charge is -2.47. The summed E-state index contributed by atoms with van der Waals surface area (Å²) in [4.78, 5) is 15.6. The predicted molar refractivity (Wildman–Crippen MR) is 114 cm³/mol. The van der Waals surface area contributed by atoms with Gasteiger partial charge in [0.25, 0.3) is 5.91 Å². The first-order chi connectivity index (χ1) is 13.6. The van der Waals surface area contributed by atoms with Crippen LogP contribution in [-0.4, -0.2) is 36.0 Å². The van der Waals surface area contributed by atoms with Crippen LogP contribution in [0.15, 0.2) is 30.3 Å². The smallest absolute Gasteiger partial charge is 0.251 e. The van der Waals surface area contributed by atoms with Gasteiger partial charge in [-0.25, -0.2) is 0 Å². The molecule has 3 heteroatoms. The molecule has 1 amide bonds. The molecule has 1 aliphatic heterocycles. The van der Waals surface area contributed by atoms with Crippen molar-refractivity contribution in [1.29, 1.82) is 0 Å². The van der Waals surface area contributed by atoms with Gasteiger partial charge in [0.2, 0.25) is 0 Å². The van der Waals surface area contributed by atoms with E-state index >= 15 is 0 Å². The Labute approximate surface area is 169 Å². The van der Waals surface area contributed by atoms with Crippen molar-refractivity contribution in [3.8, 4) is 0 Å². The molecule has 1 saturated heterocycles. The molecule has 3 atom stereocenters. The minimum atomic E-state index is 0.0803. The maximum absolute atomic E-state index is 12.8. The number of hydrogen-bond acceptors (Lipinski definition) is 2. The van der Waals surface area contributed by atoms with Crippen molar-refractivity contribution in [1.82, 2.24) is 10.2 Å². The van der Waals surface area contributed by atoms with Gasteiger partial charge in [0.1, 0.15) is 0 Å². The molecule has 150 valence electrons. The first-order valence-corrected chi connectivity index (χ1v) is 11.4. The summed E-state index contributed by atoms with van der Waals surface area (Å²) < 4.78 is 0. The maximum atomic E-state index is 12.8. The fraction of sp³-hybridized carbons (Fsp3) is 0.640. The highest BCUT2D eigenvalue weighted by Gasteiger charge is 2.46. The van der Waals surface area contributed by atoms with Crippen molar-refractivity contribution in [2.24, 2.45) is 11.8 Å². The molecule has 1 aromatic rings. The van der Waals surface area contributed by atoms with E-state index in [1.807, 2.05) is 13.8 Å². The first-order valence-electron chi connectivity index (χ1n) is 11.4. The molecule has 5 rings (SSSR count). The number of carbonyl (C=O) groups excluding carboxylic acids is 1. The van der Waals surface area contributed by atoms with Gasteiger partial charge in [-0.15, -0.1) is 0 Å². The fourth-order valence-electron chi connectivity index (χ4n) is 6.67. The molecular formula is C25H34N2O. The normalized spacial score (nSPS) is 31.1. The lowest BCUT2D eigenvalue weighted by atomic mass is 9.65. The molecule has 1 spiro atoms. The molecule has 1 aromatic carbocycles. The predicted octanol–water partition coefficient (Wildman–Crippen LogP) is 4.52. The molecule has 3 unspecified atom stereocenters. The zero-order valence-corrected chi connectivity index (χ0v) is 17.4. The van der Waals surface area contributed by atoms with Crippen LogP contribution in [0.2, 0.25) is 0 Å². The van der Waals surface area contributed by atoms with Crippen LogP contribution in [0.25, 0.3) is 5.57 Å². The highest BCUT2D eigenvalue weighted by Crippen LogP contribution is 2.50. The fourth-order valence-corrected chi connectivity index (χ4v) is 6.67. The standard InChI is InChI=1S/C25H34N2O/c1-17(2)26-24(28)21-9-10-25(22-6-4-3-5-20(21)22)11-13-27(14-12-25)23-16-18-7-8-19(23)15-18/h3-6,9,17-19,23H,7-8,10-16H2,1-2H3,(H,26,28). The van der Waals surface area contributed by atoms with Crippen LogP contribution in [0.4, 0.5) is 0 Å². The lowest BCUT2D eigenvalue weighted by molar-refractivity contribution is -0.116. The Morgan fingerprint density at radius 2 is 1.93 bits per heavy atom. The van der Waals surface area contributed by atoms with E-state index in [4.69, 9.17) is 0 Å². The Morgan fingerprint density at radius 1 is 1.14 bits per heavy atom. The number of piperidine rings is 1. The van der Waals surface area contributed by atoms with Crippen LogP contribution in [0, 0.1) is 11.8 Å². The van der Waals surface area contributed by atoms with Gasteiger partial charge < -0.3 is 10.2 Å². The second-order valence-corrected chi connectivity index (χ2v) is 10.1. The van der Waals surface area contributed by atoms with Gasteiger partial charge in [-0.05, 0) is 88.4 Å². The van der Waals surface area contributed by atoms with Crippen LogP contribution >= 0.6 is 0 Å². The number of fused-ring (bicyclic) bond motifs is 4. The van der Waals surface area contributed by atoms with Gasteiger partial charge in [-0.3, -0.25) is 4.79 Å². The van der Waals surface area contributed by atoms with E-state index in [2.05, 4.69) is 40.6 Å². The van der Waals surface area contributed by atoms with Crippen molar-refractivity contribution >= 4 is 11.5 Å². The number of carbonyl (C=O) groups is 1. The summed E-state index contributed by atoms with van der Waals surface area (Å²) in [6.07, 6.45) is 11.6. The highest BCUT2D eigenvalue weighted by atomic mass is 16.1. The second-order valence-electron chi connectivity index (χ2n) is 10.1. The Bertz CT molecular complexity index is 787. The number of rotatable bonds is 3. The van der Waals surface area contributed by atoms with E-state index in [0.29, 0.717) is 0 Å². The summed E-state index contributed by atoms with van der Waals surface area (Å²) in [5, 5.41) is 3.09. The summed E-state index contributed by atoms with van der Waals surface area (Å²) in [7, 11) is 0. The van der Waals surface area contributed by atoms with E-state index in [0.717, 1.165) is 29.9 Å². The molecule has 3 fully saturated rings. The van der Waals surface area contributed by atoms with Crippen molar-refractivity contribution in [3.63, 3.8) is 0 Å². The number of nitrogens with zero attached hydrogens (tertiary/aromatic N) is 1. The van der Waals surface area contributed by atoms with Crippen molar-refractivity contribution in [3.05, 3.63) is 41.5 Å². The van der Waals surface area contributed by atoms with E-state index in [1.165, 1.54) is 62.7 Å². The van der Waals surface area contributed by atoms with Gasteiger partial charge in [0.15, 0.2) is 0 Å². The molecule has 4 aliphatic rings. The third kappa shape index (κ3) is 3.03. The molecule has 0 radical (unpaired) electrons. The average molecular weight is 379 g/mol. The largest absolute Gasteiger partial charge is 0.350 e. The molecule has 28 heavy (non-hydrogen) atoms. The number of nitrogens with one attached hydrogen (secondary N) is 1. The molecule has 0 aromatic heterocycles. The number of amides is 1. The van der Waals surface area contributed by atoms with Crippen LogP contribution in [-0.2, 0) is 10.2 Å². The number of likely N-dealkylation sites (tertiary alicyclic amines) is 1. The third-order valence-corrected chi connectivity index (χ3v) is 8.07. The molecule has 2 saturated carbocycles. The van der Waals surface area contributed by atoms with E-state index in [1.54, 1.807) is 0 Å². The Hall–Kier alpha value is -1.61. The number of benzene rings is 1. The molecule has 3 nitrogen and oxygen atoms in total. The topological polar surface area (TPSA) is 32.3 Å². The van der Waals surface area contributed by atoms with Gasteiger partial charge >= 0.3 is 0 Å². The summed E-state index contributed by atoms with van der Waals surface area (Å²) in [6.45, 7) is 6.51. The van der Waals surface area contributed by atoms with Crippen molar-refractivity contribution < 1.29 is 4.79 Å². The monoisotopic (exact) mass is 378 g/mol.